The van der Waals surface area contributed by atoms with E-state index >= 15 is 0 Å². The third-order valence-corrected chi connectivity index (χ3v) is 6.67. The number of fused-ring (bicyclic) bond motifs is 1. The Morgan fingerprint density at radius 1 is 0.556 bits per heavy atom. The summed E-state index contributed by atoms with van der Waals surface area (Å²) in [6, 6.07) is 30.3. The Balaban J connectivity index is 1.36. The second-order valence-electron chi connectivity index (χ2n) is 9.61. The summed E-state index contributed by atoms with van der Waals surface area (Å²) in [5, 5.41) is 2.37. The predicted molar refractivity (Wildman–Crippen MR) is 155 cm³/mol. The number of ether oxygens (including phenoxy) is 1. The fourth-order valence-corrected chi connectivity index (χ4v) is 4.44. The summed E-state index contributed by atoms with van der Waals surface area (Å²) in [5.74, 6) is 7.60. The third kappa shape index (κ3) is 7.50. The van der Waals surface area contributed by atoms with Crippen molar-refractivity contribution in [1.29, 1.82) is 0 Å². The smallest absolute Gasteiger partial charge is 0.119 e. The summed E-state index contributed by atoms with van der Waals surface area (Å²) in [4.78, 5) is 0. The van der Waals surface area contributed by atoms with Crippen molar-refractivity contribution in [3.63, 3.8) is 0 Å². The number of rotatable bonds is 11. The summed E-state index contributed by atoms with van der Waals surface area (Å²) >= 11 is 0. The molecule has 0 saturated heterocycles. The Morgan fingerprint density at radius 3 is 1.92 bits per heavy atom. The maximum absolute atomic E-state index is 5.89. The molecule has 0 radical (unpaired) electrons. The van der Waals surface area contributed by atoms with Crippen LogP contribution in [0.4, 0.5) is 0 Å². The standard InChI is InChI=1S/C35H38O/c1-3-5-7-8-10-28-13-18-31(19-14-28)32-20-15-29(16-21-32)11-12-30-17-22-34-27-35(24-23-33(34)26-30)36-25-9-6-4-2/h13-24,26-27H,3-10,25H2,1-2H3. The zero-order chi connectivity index (χ0) is 25.0. The van der Waals surface area contributed by atoms with Crippen LogP contribution in [0.5, 0.6) is 5.75 Å². The molecule has 0 aliphatic carbocycles. The van der Waals surface area contributed by atoms with E-state index in [9.17, 15) is 0 Å². The monoisotopic (exact) mass is 474 g/mol. The van der Waals surface area contributed by atoms with Crippen LogP contribution in [0.2, 0.25) is 0 Å². The fraction of sp³-hybridized carbons (Fsp3) is 0.314. The van der Waals surface area contributed by atoms with Crippen LogP contribution >= 0.6 is 0 Å². The Morgan fingerprint density at radius 2 is 1.17 bits per heavy atom. The van der Waals surface area contributed by atoms with Gasteiger partial charge in [0.15, 0.2) is 0 Å². The molecular formula is C35H38O. The summed E-state index contributed by atoms with van der Waals surface area (Å²) in [5.41, 5.74) is 5.98. The van der Waals surface area contributed by atoms with Crippen LogP contribution in [0.3, 0.4) is 0 Å². The van der Waals surface area contributed by atoms with Crippen molar-refractivity contribution >= 4 is 10.8 Å². The van der Waals surface area contributed by atoms with Crippen LogP contribution < -0.4 is 4.74 Å². The molecule has 0 fully saturated rings. The first kappa shape index (κ1) is 25.6. The topological polar surface area (TPSA) is 9.23 Å². The van der Waals surface area contributed by atoms with Crippen molar-refractivity contribution in [2.75, 3.05) is 6.61 Å². The SMILES string of the molecule is CCCCCCc1ccc(-c2ccc(C#Cc3ccc4cc(OCCCCC)ccc4c3)cc2)cc1. The zero-order valence-electron chi connectivity index (χ0n) is 21.9. The molecule has 4 aromatic rings. The van der Waals surface area contributed by atoms with Crippen LogP contribution in [-0.4, -0.2) is 6.61 Å². The van der Waals surface area contributed by atoms with E-state index in [-0.39, 0.29) is 0 Å². The van der Waals surface area contributed by atoms with Gasteiger partial charge in [-0.2, -0.15) is 0 Å². The number of benzene rings is 4. The molecule has 0 aliphatic rings. The summed E-state index contributed by atoms with van der Waals surface area (Å²) < 4.78 is 5.89. The maximum Gasteiger partial charge on any atom is 0.119 e. The van der Waals surface area contributed by atoms with Gasteiger partial charge in [-0.25, -0.2) is 0 Å². The molecule has 0 heterocycles. The van der Waals surface area contributed by atoms with Gasteiger partial charge >= 0.3 is 0 Å². The Labute approximate surface area is 217 Å². The quantitative estimate of drug-likeness (QED) is 0.155. The molecule has 184 valence electrons. The molecule has 0 bridgehead atoms. The van der Waals surface area contributed by atoms with Gasteiger partial charge < -0.3 is 4.74 Å². The van der Waals surface area contributed by atoms with E-state index in [0.29, 0.717) is 0 Å². The second-order valence-corrected chi connectivity index (χ2v) is 9.61. The molecule has 0 atom stereocenters. The molecule has 0 saturated carbocycles. The Bertz CT molecular complexity index is 1290. The first-order chi connectivity index (χ1) is 17.7. The van der Waals surface area contributed by atoms with E-state index in [2.05, 4.69) is 111 Å². The number of hydrogen-bond donors (Lipinski definition) is 0. The predicted octanol–water partition coefficient (Wildman–Crippen LogP) is 9.60. The van der Waals surface area contributed by atoms with Crippen LogP contribution in [0, 0.1) is 11.8 Å². The molecule has 4 aromatic carbocycles. The number of aryl methyl sites for hydroxylation is 1. The number of hydrogen-bond acceptors (Lipinski definition) is 1. The highest BCUT2D eigenvalue weighted by molar-refractivity contribution is 5.85. The van der Waals surface area contributed by atoms with Crippen molar-refractivity contribution < 1.29 is 4.74 Å². The van der Waals surface area contributed by atoms with Gasteiger partial charge in [0.05, 0.1) is 6.61 Å². The van der Waals surface area contributed by atoms with Gasteiger partial charge in [-0.1, -0.05) is 106 Å². The van der Waals surface area contributed by atoms with E-state index in [0.717, 1.165) is 29.9 Å². The first-order valence-corrected chi connectivity index (χ1v) is 13.6. The lowest BCUT2D eigenvalue weighted by Gasteiger charge is -2.07. The summed E-state index contributed by atoms with van der Waals surface area (Å²) in [6.07, 6.45) is 9.95. The maximum atomic E-state index is 5.89. The fourth-order valence-electron chi connectivity index (χ4n) is 4.44. The molecule has 36 heavy (non-hydrogen) atoms. The van der Waals surface area contributed by atoms with E-state index in [1.54, 1.807) is 0 Å². The zero-order valence-corrected chi connectivity index (χ0v) is 21.9. The second kappa shape index (κ2) is 13.6. The van der Waals surface area contributed by atoms with Crippen LogP contribution in [0.15, 0.2) is 84.9 Å². The van der Waals surface area contributed by atoms with E-state index in [1.807, 2.05) is 0 Å². The molecule has 0 aliphatic heterocycles. The highest BCUT2D eigenvalue weighted by atomic mass is 16.5. The molecule has 0 amide bonds. The largest absolute Gasteiger partial charge is 0.494 e. The van der Waals surface area contributed by atoms with Crippen molar-refractivity contribution in [2.45, 2.75) is 65.2 Å². The molecule has 0 N–H and O–H groups in total. The minimum Gasteiger partial charge on any atom is -0.494 e. The van der Waals surface area contributed by atoms with Gasteiger partial charge in [0.25, 0.3) is 0 Å². The van der Waals surface area contributed by atoms with Gasteiger partial charge in [0, 0.05) is 11.1 Å². The average Bonchev–Trinajstić information content (AvgIpc) is 2.93. The highest BCUT2D eigenvalue weighted by Gasteiger charge is 2.01. The van der Waals surface area contributed by atoms with Gasteiger partial charge in [0.1, 0.15) is 5.75 Å². The van der Waals surface area contributed by atoms with Crippen molar-refractivity contribution in [3.05, 3.63) is 102 Å². The average molecular weight is 475 g/mol. The van der Waals surface area contributed by atoms with Gasteiger partial charge in [0.2, 0.25) is 0 Å². The third-order valence-electron chi connectivity index (χ3n) is 6.67. The van der Waals surface area contributed by atoms with Gasteiger partial charge in [-0.15, -0.1) is 0 Å². The lowest BCUT2D eigenvalue weighted by Crippen LogP contribution is -1.96. The van der Waals surface area contributed by atoms with Crippen molar-refractivity contribution in [3.8, 4) is 28.7 Å². The molecule has 1 nitrogen and oxygen atoms in total. The Kier molecular flexibility index (Phi) is 9.63. The highest BCUT2D eigenvalue weighted by Crippen LogP contribution is 2.23. The number of unbranched alkanes of at least 4 members (excludes halogenated alkanes) is 5. The van der Waals surface area contributed by atoms with E-state index in [1.165, 1.54) is 72.4 Å². The van der Waals surface area contributed by atoms with E-state index < -0.39 is 0 Å². The lowest BCUT2D eigenvalue weighted by atomic mass is 10.00. The summed E-state index contributed by atoms with van der Waals surface area (Å²) in [6.45, 7) is 5.25. The molecular weight excluding hydrogens is 436 g/mol. The molecule has 0 unspecified atom stereocenters. The lowest BCUT2D eigenvalue weighted by molar-refractivity contribution is 0.306. The molecule has 1 heteroatoms. The molecule has 0 spiro atoms. The Hall–Kier alpha value is -3.50. The minimum atomic E-state index is 0.784. The summed E-state index contributed by atoms with van der Waals surface area (Å²) in [7, 11) is 0. The van der Waals surface area contributed by atoms with Crippen LogP contribution in [-0.2, 0) is 6.42 Å². The van der Waals surface area contributed by atoms with Crippen LogP contribution in [0.25, 0.3) is 21.9 Å². The minimum absolute atomic E-state index is 0.784. The van der Waals surface area contributed by atoms with Crippen LogP contribution in [0.1, 0.15) is 75.5 Å². The van der Waals surface area contributed by atoms with Gasteiger partial charge in [-0.05, 0) is 83.1 Å². The van der Waals surface area contributed by atoms with E-state index in [4.69, 9.17) is 4.74 Å². The van der Waals surface area contributed by atoms with Crippen molar-refractivity contribution in [1.82, 2.24) is 0 Å². The normalized spacial score (nSPS) is 10.7. The molecule has 4 rings (SSSR count). The van der Waals surface area contributed by atoms with Gasteiger partial charge in [-0.3, -0.25) is 0 Å². The van der Waals surface area contributed by atoms with Crippen molar-refractivity contribution in [2.24, 2.45) is 0 Å². The first-order valence-electron chi connectivity index (χ1n) is 13.6. The molecule has 0 aromatic heterocycles.